The van der Waals surface area contributed by atoms with Crippen LogP contribution in [0.3, 0.4) is 0 Å². The molecule has 2 amide bonds. The van der Waals surface area contributed by atoms with E-state index in [2.05, 4.69) is 5.32 Å². The second kappa shape index (κ2) is 10.6. The minimum atomic E-state index is -0.481. The van der Waals surface area contributed by atoms with Gasteiger partial charge in [0.1, 0.15) is 17.3 Å². The predicted molar refractivity (Wildman–Crippen MR) is 131 cm³/mol. The van der Waals surface area contributed by atoms with Crippen LogP contribution in [0.5, 0.6) is 11.5 Å². The third-order valence-electron chi connectivity index (χ3n) is 6.54. The second-order valence-corrected chi connectivity index (χ2v) is 8.69. The summed E-state index contributed by atoms with van der Waals surface area (Å²) in [5.74, 6) is -0.0908. The molecule has 2 atom stereocenters. The fourth-order valence-corrected chi connectivity index (χ4v) is 4.58. The first-order valence-electron chi connectivity index (χ1n) is 11.5. The Hall–Kier alpha value is -3.87. The number of amides is 2. The Morgan fingerprint density at radius 3 is 2.43 bits per heavy atom. The molecular weight excluding hydrogens is 447 g/mol. The molecule has 1 N–H and O–H groups in total. The van der Waals surface area contributed by atoms with Gasteiger partial charge in [-0.3, -0.25) is 9.59 Å². The van der Waals surface area contributed by atoms with Crippen LogP contribution in [0, 0.1) is 18.7 Å². The maximum Gasteiger partial charge on any atom is 0.254 e. The molecule has 182 valence electrons. The zero-order chi connectivity index (χ0) is 24.9. The van der Waals surface area contributed by atoms with E-state index in [1.54, 1.807) is 37.3 Å². The quantitative estimate of drug-likeness (QED) is 0.552. The molecule has 1 aliphatic rings. The Kier molecular flexibility index (Phi) is 7.34. The van der Waals surface area contributed by atoms with Crippen LogP contribution in [0.25, 0.3) is 0 Å². The van der Waals surface area contributed by atoms with E-state index >= 15 is 0 Å². The first-order valence-corrected chi connectivity index (χ1v) is 11.5. The lowest BCUT2D eigenvalue weighted by molar-refractivity contribution is -0.125. The molecule has 35 heavy (non-hydrogen) atoms. The summed E-state index contributed by atoms with van der Waals surface area (Å²) in [5.41, 5.74) is 3.15. The number of hydrogen-bond donors (Lipinski definition) is 1. The van der Waals surface area contributed by atoms with Crippen molar-refractivity contribution in [2.24, 2.45) is 5.92 Å². The van der Waals surface area contributed by atoms with Crippen molar-refractivity contribution < 1.29 is 23.5 Å². The molecule has 1 saturated heterocycles. The predicted octanol–water partition coefficient (Wildman–Crippen LogP) is 4.32. The summed E-state index contributed by atoms with van der Waals surface area (Å²) in [6.45, 7) is 2.83. The number of ether oxygens (including phenoxy) is 2. The van der Waals surface area contributed by atoms with Gasteiger partial charge in [0.25, 0.3) is 5.91 Å². The number of carbonyl (C=O) groups excluding carboxylic acids is 2. The minimum absolute atomic E-state index is 0.102. The number of halogens is 1. The first-order chi connectivity index (χ1) is 16.9. The molecule has 0 spiro atoms. The second-order valence-electron chi connectivity index (χ2n) is 8.69. The fraction of sp³-hybridized carbons (Fsp3) is 0.286. The largest absolute Gasteiger partial charge is 0.497 e. The molecule has 0 saturated carbocycles. The van der Waals surface area contributed by atoms with Gasteiger partial charge in [-0.1, -0.05) is 36.4 Å². The smallest absolute Gasteiger partial charge is 0.254 e. The van der Waals surface area contributed by atoms with E-state index in [1.807, 2.05) is 43.3 Å². The number of nitrogens with one attached hydrogen (secondary N) is 1. The van der Waals surface area contributed by atoms with Crippen LogP contribution in [-0.2, 0) is 11.3 Å². The maximum atomic E-state index is 13.4. The fourth-order valence-electron chi connectivity index (χ4n) is 4.58. The monoisotopic (exact) mass is 476 g/mol. The van der Waals surface area contributed by atoms with E-state index in [9.17, 15) is 14.0 Å². The van der Waals surface area contributed by atoms with Crippen LogP contribution in [0.1, 0.15) is 33.0 Å². The SMILES string of the molecule is COc1ccc(C2CN(C(=O)c3ccccc3C)CC2C(=O)NCc2ccc(F)cc2)c(OC)c1. The van der Waals surface area contributed by atoms with E-state index in [4.69, 9.17) is 9.47 Å². The molecular formula is C28H29FN2O4. The molecule has 1 aliphatic heterocycles. The average molecular weight is 477 g/mol. The van der Waals surface area contributed by atoms with Crippen molar-refractivity contribution in [2.45, 2.75) is 19.4 Å². The molecule has 0 aliphatic carbocycles. The summed E-state index contributed by atoms with van der Waals surface area (Å²) >= 11 is 0. The summed E-state index contributed by atoms with van der Waals surface area (Å²) in [7, 11) is 3.16. The molecule has 2 unspecified atom stereocenters. The number of benzene rings is 3. The number of rotatable bonds is 7. The Bertz CT molecular complexity index is 1210. The highest BCUT2D eigenvalue weighted by atomic mass is 19.1. The van der Waals surface area contributed by atoms with Crippen molar-refractivity contribution in [1.82, 2.24) is 10.2 Å². The molecule has 0 bridgehead atoms. The van der Waals surface area contributed by atoms with Gasteiger partial charge in [-0.15, -0.1) is 0 Å². The van der Waals surface area contributed by atoms with Crippen molar-refractivity contribution in [3.05, 3.63) is 94.8 Å². The topological polar surface area (TPSA) is 67.9 Å². The van der Waals surface area contributed by atoms with Crippen molar-refractivity contribution in [3.63, 3.8) is 0 Å². The van der Waals surface area contributed by atoms with Gasteiger partial charge in [0.05, 0.1) is 20.1 Å². The molecule has 1 fully saturated rings. The van der Waals surface area contributed by atoms with Crippen LogP contribution < -0.4 is 14.8 Å². The highest BCUT2D eigenvalue weighted by Gasteiger charge is 2.42. The third-order valence-corrected chi connectivity index (χ3v) is 6.54. The van der Waals surface area contributed by atoms with E-state index in [-0.39, 0.29) is 36.6 Å². The van der Waals surface area contributed by atoms with Crippen molar-refractivity contribution in [1.29, 1.82) is 0 Å². The Morgan fingerprint density at radius 1 is 1.00 bits per heavy atom. The molecule has 7 heteroatoms. The number of hydrogen-bond acceptors (Lipinski definition) is 4. The minimum Gasteiger partial charge on any atom is -0.497 e. The highest BCUT2D eigenvalue weighted by molar-refractivity contribution is 5.96. The first kappa shape index (κ1) is 24.3. The van der Waals surface area contributed by atoms with Gasteiger partial charge in [-0.25, -0.2) is 4.39 Å². The molecule has 0 radical (unpaired) electrons. The van der Waals surface area contributed by atoms with Gasteiger partial charge >= 0.3 is 0 Å². The lowest BCUT2D eigenvalue weighted by Gasteiger charge is -2.21. The number of carbonyl (C=O) groups is 2. The number of methoxy groups -OCH3 is 2. The van der Waals surface area contributed by atoms with Crippen LogP contribution in [0.2, 0.25) is 0 Å². The lowest BCUT2D eigenvalue weighted by atomic mass is 9.87. The summed E-state index contributed by atoms with van der Waals surface area (Å²) in [4.78, 5) is 28.5. The Labute approximate surface area is 204 Å². The van der Waals surface area contributed by atoms with Gasteiger partial charge < -0.3 is 19.7 Å². The standard InChI is InChI=1S/C28H29FN2O4/c1-18-6-4-5-7-22(18)28(33)31-16-24(23-13-12-21(34-2)14-26(23)35-3)25(17-31)27(32)30-15-19-8-10-20(29)11-9-19/h4-14,24-25H,15-17H2,1-3H3,(H,30,32). The van der Waals surface area contributed by atoms with E-state index in [0.717, 1.165) is 16.7 Å². The maximum absolute atomic E-state index is 13.4. The highest BCUT2D eigenvalue weighted by Crippen LogP contribution is 2.40. The van der Waals surface area contributed by atoms with Crippen LogP contribution in [0.4, 0.5) is 4.39 Å². The molecule has 6 nitrogen and oxygen atoms in total. The number of likely N-dealkylation sites (tertiary alicyclic amines) is 1. The normalized spacial score (nSPS) is 17.2. The molecule has 0 aromatic heterocycles. The Morgan fingerprint density at radius 2 is 1.74 bits per heavy atom. The number of nitrogens with zero attached hydrogens (tertiary/aromatic N) is 1. The van der Waals surface area contributed by atoms with Crippen LogP contribution in [-0.4, -0.2) is 44.0 Å². The summed E-state index contributed by atoms with van der Waals surface area (Å²) in [5, 5.41) is 2.97. The van der Waals surface area contributed by atoms with Gasteiger partial charge in [0, 0.05) is 42.7 Å². The van der Waals surface area contributed by atoms with Gasteiger partial charge in [0.2, 0.25) is 5.91 Å². The number of aryl methyl sites for hydroxylation is 1. The third kappa shape index (κ3) is 5.29. The van der Waals surface area contributed by atoms with Crippen molar-refractivity contribution in [3.8, 4) is 11.5 Å². The molecule has 3 aromatic carbocycles. The zero-order valence-electron chi connectivity index (χ0n) is 20.1. The van der Waals surface area contributed by atoms with Gasteiger partial charge in [-0.05, 0) is 42.3 Å². The lowest BCUT2D eigenvalue weighted by Crippen LogP contribution is -2.35. The zero-order valence-corrected chi connectivity index (χ0v) is 20.1. The van der Waals surface area contributed by atoms with E-state index < -0.39 is 5.92 Å². The summed E-state index contributed by atoms with van der Waals surface area (Å²) in [6, 6.07) is 19.0. The molecule has 1 heterocycles. The average Bonchev–Trinajstić information content (AvgIpc) is 3.33. The summed E-state index contributed by atoms with van der Waals surface area (Å²) < 4.78 is 24.2. The van der Waals surface area contributed by atoms with Crippen LogP contribution >= 0.6 is 0 Å². The van der Waals surface area contributed by atoms with Gasteiger partial charge in [0.15, 0.2) is 0 Å². The van der Waals surface area contributed by atoms with E-state index in [0.29, 0.717) is 23.6 Å². The Balaban J connectivity index is 1.61. The van der Waals surface area contributed by atoms with Crippen LogP contribution in [0.15, 0.2) is 66.7 Å². The summed E-state index contributed by atoms with van der Waals surface area (Å²) in [6.07, 6.45) is 0. The van der Waals surface area contributed by atoms with Crippen molar-refractivity contribution in [2.75, 3.05) is 27.3 Å². The van der Waals surface area contributed by atoms with E-state index in [1.165, 1.54) is 12.1 Å². The molecule has 3 aromatic rings. The van der Waals surface area contributed by atoms with Crippen molar-refractivity contribution >= 4 is 11.8 Å². The van der Waals surface area contributed by atoms with Gasteiger partial charge in [-0.2, -0.15) is 0 Å². The molecule has 4 rings (SSSR count).